The lowest BCUT2D eigenvalue weighted by molar-refractivity contribution is -0.124. The van der Waals surface area contributed by atoms with Gasteiger partial charge in [-0.25, -0.2) is 9.78 Å². The highest BCUT2D eigenvalue weighted by molar-refractivity contribution is 5.90. The number of aromatic nitrogens is 2. The molecule has 2 aromatic heterocycles. The molecule has 0 aliphatic carbocycles. The maximum absolute atomic E-state index is 11.8. The van der Waals surface area contributed by atoms with Gasteiger partial charge in [0.05, 0.1) is 0 Å². The van der Waals surface area contributed by atoms with Gasteiger partial charge in [0.1, 0.15) is 5.65 Å². The van der Waals surface area contributed by atoms with Crippen LogP contribution >= 0.6 is 0 Å². The molecule has 0 saturated heterocycles. The number of pyridine rings is 1. The second kappa shape index (κ2) is 5.73. The molecule has 0 unspecified atom stereocenters. The Hall–Kier alpha value is -2.37. The first kappa shape index (κ1) is 14.0. The molecule has 106 valence electrons. The van der Waals surface area contributed by atoms with Crippen molar-refractivity contribution in [3.63, 3.8) is 0 Å². The molecule has 0 radical (unpaired) electrons. The number of amides is 1. The molecule has 0 spiro atoms. The van der Waals surface area contributed by atoms with Gasteiger partial charge in [-0.3, -0.25) is 4.79 Å². The number of esters is 1. The molecule has 0 bridgehead atoms. The fourth-order valence-electron chi connectivity index (χ4n) is 1.82. The first-order chi connectivity index (χ1) is 9.47. The first-order valence-corrected chi connectivity index (χ1v) is 6.38. The zero-order chi connectivity index (χ0) is 14.7. The van der Waals surface area contributed by atoms with E-state index < -0.39 is 5.97 Å². The van der Waals surface area contributed by atoms with Crippen molar-refractivity contribution in [3.8, 4) is 0 Å². The van der Waals surface area contributed by atoms with Gasteiger partial charge in [0.25, 0.3) is 5.91 Å². The Labute approximate surface area is 116 Å². The third-order valence-electron chi connectivity index (χ3n) is 2.69. The lowest BCUT2D eigenvalue weighted by Gasteiger charge is -2.07. The summed E-state index contributed by atoms with van der Waals surface area (Å²) in [5.74, 6) is -0.930. The van der Waals surface area contributed by atoms with E-state index in [4.69, 9.17) is 4.74 Å². The number of hydrogen-bond donors (Lipinski definition) is 1. The average molecular weight is 275 g/mol. The number of carbonyl (C=O) groups is 2. The van der Waals surface area contributed by atoms with Gasteiger partial charge in [-0.05, 0) is 32.9 Å². The van der Waals surface area contributed by atoms with Gasteiger partial charge in [0, 0.05) is 17.9 Å². The van der Waals surface area contributed by atoms with E-state index in [2.05, 4.69) is 10.3 Å². The lowest BCUT2D eigenvalue weighted by Crippen LogP contribution is -2.34. The molecule has 0 aliphatic heterocycles. The Bertz CT molecular complexity index is 646. The third kappa shape index (κ3) is 3.14. The van der Waals surface area contributed by atoms with Gasteiger partial charge < -0.3 is 14.5 Å². The normalized spacial score (nSPS) is 10.8. The number of nitrogens with zero attached hydrogens (tertiary/aromatic N) is 2. The Kier molecular flexibility index (Phi) is 4.02. The van der Waals surface area contributed by atoms with Crippen molar-refractivity contribution in [1.29, 1.82) is 0 Å². The molecule has 2 rings (SSSR count). The average Bonchev–Trinajstić information content (AvgIpc) is 2.80. The summed E-state index contributed by atoms with van der Waals surface area (Å²) in [5.41, 5.74) is 1.83. The Morgan fingerprint density at radius 3 is 2.80 bits per heavy atom. The van der Waals surface area contributed by atoms with Crippen molar-refractivity contribution in [2.45, 2.75) is 26.8 Å². The number of fused-ring (bicyclic) bond motifs is 1. The van der Waals surface area contributed by atoms with E-state index in [1.54, 1.807) is 16.7 Å². The number of carbonyl (C=O) groups excluding carboxylic acids is 2. The van der Waals surface area contributed by atoms with Crippen LogP contribution in [0.4, 0.5) is 0 Å². The molecule has 2 heterocycles. The van der Waals surface area contributed by atoms with Crippen LogP contribution in [0.25, 0.3) is 5.65 Å². The minimum Gasteiger partial charge on any atom is -0.451 e. The summed E-state index contributed by atoms with van der Waals surface area (Å²) in [7, 11) is 0. The van der Waals surface area contributed by atoms with Crippen molar-refractivity contribution in [1.82, 2.24) is 14.7 Å². The summed E-state index contributed by atoms with van der Waals surface area (Å²) in [5, 5.41) is 2.64. The topological polar surface area (TPSA) is 72.7 Å². The van der Waals surface area contributed by atoms with Gasteiger partial charge >= 0.3 is 5.97 Å². The van der Waals surface area contributed by atoms with Crippen molar-refractivity contribution in [3.05, 3.63) is 35.8 Å². The Morgan fingerprint density at radius 1 is 1.40 bits per heavy atom. The van der Waals surface area contributed by atoms with Crippen LogP contribution in [0.5, 0.6) is 0 Å². The van der Waals surface area contributed by atoms with Crippen LogP contribution in [0.15, 0.2) is 24.4 Å². The molecular weight excluding hydrogens is 258 g/mol. The second-order valence-electron chi connectivity index (χ2n) is 4.82. The lowest BCUT2D eigenvalue weighted by atomic mass is 10.4. The zero-order valence-electron chi connectivity index (χ0n) is 11.7. The summed E-state index contributed by atoms with van der Waals surface area (Å²) < 4.78 is 6.73. The zero-order valence-corrected chi connectivity index (χ0v) is 11.7. The van der Waals surface area contributed by atoms with E-state index in [9.17, 15) is 9.59 Å². The van der Waals surface area contributed by atoms with Crippen LogP contribution in [-0.4, -0.2) is 33.9 Å². The predicted octanol–water partition coefficient (Wildman–Crippen LogP) is 1.32. The van der Waals surface area contributed by atoms with Crippen molar-refractivity contribution >= 4 is 17.5 Å². The molecule has 2 aromatic rings. The van der Waals surface area contributed by atoms with Crippen LogP contribution in [0.3, 0.4) is 0 Å². The largest absolute Gasteiger partial charge is 0.451 e. The minimum atomic E-state index is -0.605. The molecule has 20 heavy (non-hydrogen) atoms. The number of rotatable bonds is 4. The number of hydrogen-bond acceptors (Lipinski definition) is 4. The molecule has 6 nitrogen and oxygen atoms in total. The van der Waals surface area contributed by atoms with Crippen molar-refractivity contribution in [2.24, 2.45) is 0 Å². The van der Waals surface area contributed by atoms with E-state index in [1.807, 2.05) is 32.9 Å². The van der Waals surface area contributed by atoms with Crippen LogP contribution in [0.2, 0.25) is 0 Å². The fourth-order valence-corrected chi connectivity index (χ4v) is 1.82. The van der Waals surface area contributed by atoms with Crippen LogP contribution in [-0.2, 0) is 9.53 Å². The highest BCUT2D eigenvalue weighted by Crippen LogP contribution is 2.09. The second-order valence-corrected chi connectivity index (χ2v) is 4.82. The number of imidazole rings is 1. The SMILES string of the molecule is Cc1cccc2nc(C(=O)OCC(=O)NC(C)C)cn12. The van der Waals surface area contributed by atoms with Crippen LogP contribution in [0.1, 0.15) is 30.0 Å². The maximum atomic E-state index is 11.8. The molecule has 0 fully saturated rings. The van der Waals surface area contributed by atoms with E-state index in [1.165, 1.54) is 0 Å². The van der Waals surface area contributed by atoms with Gasteiger partial charge in [-0.1, -0.05) is 6.07 Å². The van der Waals surface area contributed by atoms with Gasteiger partial charge in [-0.2, -0.15) is 0 Å². The van der Waals surface area contributed by atoms with E-state index in [-0.39, 0.29) is 24.2 Å². The standard InChI is InChI=1S/C14H17N3O3/c1-9(2)15-13(18)8-20-14(19)11-7-17-10(3)5-4-6-12(17)16-11/h4-7,9H,8H2,1-3H3,(H,15,18). The highest BCUT2D eigenvalue weighted by Gasteiger charge is 2.14. The quantitative estimate of drug-likeness (QED) is 0.854. The molecule has 6 heteroatoms. The first-order valence-electron chi connectivity index (χ1n) is 6.38. The molecule has 0 aliphatic rings. The monoisotopic (exact) mass is 275 g/mol. The van der Waals surface area contributed by atoms with Gasteiger partial charge in [-0.15, -0.1) is 0 Å². The molecule has 0 aromatic carbocycles. The van der Waals surface area contributed by atoms with E-state index >= 15 is 0 Å². The summed E-state index contributed by atoms with van der Waals surface area (Å²) in [6.07, 6.45) is 1.60. The van der Waals surface area contributed by atoms with Gasteiger partial charge in [0.2, 0.25) is 0 Å². The smallest absolute Gasteiger partial charge is 0.359 e. The Morgan fingerprint density at radius 2 is 2.15 bits per heavy atom. The molecule has 0 atom stereocenters. The van der Waals surface area contributed by atoms with Crippen LogP contribution in [0, 0.1) is 6.92 Å². The predicted molar refractivity (Wildman–Crippen MR) is 73.5 cm³/mol. The van der Waals surface area contributed by atoms with E-state index in [0.29, 0.717) is 5.65 Å². The van der Waals surface area contributed by atoms with Crippen molar-refractivity contribution < 1.29 is 14.3 Å². The Balaban J connectivity index is 2.04. The minimum absolute atomic E-state index is 0.0130. The van der Waals surface area contributed by atoms with E-state index in [0.717, 1.165) is 5.69 Å². The van der Waals surface area contributed by atoms with Crippen molar-refractivity contribution in [2.75, 3.05) is 6.61 Å². The molecular formula is C14H17N3O3. The summed E-state index contributed by atoms with van der Waals surface area (Å²) in [6.45, 7) is 5.29. The van der Waals surface area contributed by atoms with Crippen LogP contribution < -0.4 is 5.32 Å². The molecule has 1 N–H and O–H groups in total. The molecule has 0 saturated carbocycles. The highest BCUT2D eigenvalue weighted by atomic mass is 16.5. The summed E-state index contributed by atoms with van der Waals surface area (Å²) >= 11 is 0. The number of aryl methyl sites for hydroxylation is 1. The molecule has 1 amide bonds. The van der Waals surface area contributed by atoms with Gasteiger partial charge in [0.15, 0.2) is 12.3 Å². The summed E-state index contributed by atoms with van der Waals surface area (Å²) in [4.78, 5) is 27.4. The fraction of sp³-hybridized carbons (Fsp3) is 0.357. The third-order valence-corrected chi connectivity index (χ3v) is 2.69. The maximum Gasteiger partial charge on any atom is 0.359 e. The summed E-state index contributed by atoms with van der Waals surface area (Å²) in [6, 6.07) is 5.59. The number of nitrogens with one attached hydrogen (secondary N) is 1. The number of ether oxygens (including phenoxy) is 1.